The Hall–Kier alpha value is -0.610. The maximum atomic E-state index is 11.3. The first-order valence-corrected chi connectivity index (χ1v) is 5.33. The van der Waals surface area contributed by atoms with Gasteiger partial charge in [0, 0.05) is 25.6 Å². The molecule has 82 valence electrons. The molecule has 1 amide bonds. The summed E-state index contributed by atoms with van der Waals surface area (Å²) in [7, 11) is 0. The lowest BCUT2D eigenvalue weighted by Crippen LogP contribution is -2.37. The van der Waals surface area contributed by atoms with E-state index in [1.807, 2.05) is 6.92 Å². The van der Waals surface area contributed by atoms with E-state index in [2.05, 4.69) is 5.32 Å². The molecule has 0 saturated carbocycles. The lowest BCUT2D eigenvalue weighted by molar-refractivity contribution is -0.122. The average Bonchev–Trinajstić information content (AvgIpc) is 2.67. The predicted molar refractivity (Wildman–Crippen MR) is 54.9 cm³/mol. The van der Waals surface area contributed by atoms with Crippen molar-refractivity contribution in [3.63, 3.8) is 0 Å². The van der Waals surface area contributed by atoms with Gasteiger partial charge in [-0.25, -0.2) is 0 Å². The van der Waals surface area contributed by atoms with Crippen LogP contribution < -0.4 is 11.1 Å². The first-order chi connectivity index (χ1) is 6.72. The second-order valence-corrected chi connectivity index (χ2v) is 3.88. The normalized spacial score (nSPS) is 23.4. The van der Waals surface area contributed by atoms with Gasteiger partial charge in [-0.15, -0.1) is 0 Å². The third-order valence-electron chi connectivity index (χ3n) is 2.48. The lowest BCUT2D eigenvalue weighted by atomic mass is 10.1. The highest BCUT2D eigenvalue weighted by Gasteiger charge is 2.16. The van der Waals surface area contributed by atoms with Crippen molar-refractivity contribution in [2.75, 3.05) is 13.2 Å². The van der Waals surface area contributed by atoms with Gasteiger partial charge >= 0.3 is 0 Å². The van der Waals surface area contributed by atoms with Gasteiger partial charge in [0.15, 0.2) is 0 Å². The first-order valence-electron chi connectivity index (χ1n) is 5.33. The molecule has 14 heavy (non-hydrogen) atoms. The van der Waals surface area contributed by atoms with E-state index in [4.69, 9.17) is 10.5 Å². The van der Waals surface area contributed by atoms with Crippen LogP contribution >= 0.6 is 0 Å². The van der Waals surface area contributed by atoms with Crippen molar-refractivity contribution in [2.24, 2.45) is 5.73 Å². The summed E-state index contributed by atoms with van der Waals surface area (Å²) in [6.45, 7) is 3.25. The number of rotatable bonds is 5. The predicted octanol–water partition coefficient (Wildman–Crippen LogP) is 0.409. The smallest absolute Gasteiger partial charge is 0.220 e. The molecule has 1 saturated heterocycles. The van der Waals surface area contributed by atoms with Crippen LogP contribution in [0.5, 0.6) is 0 Å². The van der Waals surface area contributed by atoms with Crippen LogP contribution in [0.1, 0.15) is 32.6 Å². The van der Waals surface area contributed by atoms with Crippen LogP contribution in [0.25, 0.3) is 0 Å². The van der Waals surface area contributed by atoms with E-state index in [0.29, 0.717) is 19.1 Å². The van der Waals surface area contributed by atoms with Crippen LogP contribution in [0.2, 0.25) is 0 Å². The Labute approximate surface area is 85.2 Å². The van der Waals surface area contributed by atoms with Gasteiger partial charge in [-0.1, -0.05) is 0 Å². The van der Waals surface area contributed by atoms with E-state index in [9.17, 15) is 4.79 Å². The topological polar surface area (TPSA) is 64.3 Å². The SMILES string of the molecule is C[C@@H](CN)NC(=O)CCC1CCCO1. The standard InChI is InChI=1S/C10H20N2O2/c1-8(7-11)12-10(13)5-4-9-3-2-6-14-9/h8-9H,2-7,11H2,1H3,(H,12,13)/t8-,9?/m0/s1. The molecule has 0 bridgehead atoms. The number of nitrogens with one attached hydrogen (secondary N) is 1. The Morgan fingerprint density at radius 1 is 1.71 bits per heavy atom. The Bertz CT molecular complexity index is 179. The molecule has 0 radical (unpaired) electrons. The Kier molecular flexibility index (Phi) is 4.90. The van der Waals surface area contributed by atoms with Crippen LogP contribution in [0.15, 0.2) is 0 Å². The number of ether oxygens (including phenoxy) is 1. The van der Waals surface area contributed by atoms with E-state index in [1.165, 1.54) is 0 Å². The molecule has 1 aliphatic rings. The molecular formula is C10H20N2O2. The summed E-state index contributed by atoms with van der Waals surface area (Å²) < 4.78 is 5.43. The van der Waals surface area contributed by atoms with E-state index >= 15 is 0 Å². The van der Waals surface area contributed by atoms with E-state index < -0.39 is 0 Å². The molecular weight excluding hydrogens is 180 g/mol. The zero-order valence-electron chi connectivity index (χ0n) is 8.79. The summed E-state index contributed by atoms with van der Waals surface area (Å²) in [6, 6.07) is 0.0759. The van der Waals surface area contributed by atoms with Crippen molar-refractivity contribution in [3.8, 4) is 0 Å². The van der Waals surface area contributed by atoms with Gasteiger partial charge in [0.25, 0.3) is 0 Å². The van der Waals surface area contributed by atoms with E-state index in [1.54, 1.807) is 0 Å². The molecule has 1 aliphatic heterocycles. The third-order valence-corrected chi connectivity index (χ3v) is 2.48. The number of carbonyl (C=O) groups excluding carboxylic acids is 1. The number of amides is 1. The Morgan fingerprint density at radius 3 is 3.07 bits per heavy atom. The fourth-order valence-electron chi connectivity index (χ4n) is 1.57. The molecule has 0 aromatic heterocycles. The lowest BCUT2D eigenvalue weighted by Gasteiger charge is -2.12. The highest BCUT2D eigenvalue weighted by atomic mass is 16.5. The minimum atomic E-state index is 0.0759. The maximum Gasteiger partial charge on any atom is 0.220 e. The number of hydrogen-bond acceptors (Lipinski definition) is 3. The van der Waals surface area contributed by atoms with E-state index in [0.717, 1.165) is 25.9 Å². The van der Waals surface area contributed by atoms with Crippen molar-refractivity contribution in [3.05, 3.63) is 0 Å². The summed E-state index contributed by atoms with van der Waals surface area (Å²) in [6.07, 6.45) is 3.91. The Balaban J connectivity index is 2.08. The molecule has 1 rings (SSSR count). The van der Waals surface area contributed by atoms with Gasteiger partial charge in [0.05, 0.1) is 6.10 Å². The third kappa shape index (κ3) is 4.07. The van der Waals surface area contributed by atoms with Crippen LogP contribution in [0.3, 0.4) is 0 Å². The fourth-order valence-corrected chi connectivity index (χ4v) is 1.57. The van der Waals surface area contributed by atoms with Crippen molar-refractivity contribution in [2.45, 2.75) is 44.8 Å². The fraction of sp³-hybridized carbons (Fsp3) is 0.900. The second-order valence-electron chi connectivity index (χ2n) is 3.88. The average molecular weight is 200 g/mol. The minimum Gasteiger partial charge on any atom is -0.378 e. The molecule has 1 unspecified atom stereocenters. The maximum absolute atomic E-state index is 11.3. The van der Waals surface area contributed by atoms with Crippen LogP contribution in [0, 0.1) is 0 Å². The van der Waals surface area contributed by atoms with Gasteiger partial charge in [-0.2, -0.15) is 0 Å². The van der Waals surface area contributed by atoms with Gasteiger partial charge < -0.3 is 15.8 Å². The van der Waals surface area contributed by atoms with Gasteiger partial charge in [-0.3, -0.25) is 4.79 Å². The largest absolute Gasteiger partial charge is 0.378 e. The van der Waals surface area contributed by atoms with Gasteiger partial charge in [0.2, 0.25) is 5.91 Å². The molecule has 3 N–H and O–H groups in total. The molecule has 2 atom stereocenters. The highest BCUT2D eigenvalue weighted by Crippen LogP contribution is 2.16. The monoisotopic (exact) mass is 200 g/mol. The number of nitrogens with two attached hydrogens (primary N) is 1. The molecule has 1 heterocycles. The van der Waals surface area contributed by atoms with Crippen LogP contribution in [-0.2, 0) is 9.53 Å². The summed E-state index contributed by atoms with van der Waals surface area (Å²) in [5.41, 5.74) is 5.40. The summed E-state index contributed by atoms with van der Waals surface area (Å²) in [4.78, 5) is 11.3. The van der Waals surface area contributed by atoms with Crippen molar-refractivity contribution in [1.82, 2.24) is 5.32 Å². The van der Waals surface area contributed by atoms with Gasteiger partial charge in [-0.05, 0) is 26.2 Å². The molecule has 0 spiro atoms. The summed E-state index contributed by atoms with van der Waals surface area (Å²) in [5, 5.41) is 2.83. The van der Waals surface area contributed by atoms with Crippen LogP contribution in [-0.4, -0.2) is 31.2 Å². The van der Waals surface area contributed by atoms with Gasteiger partial charge in [0.1, 0.15) is 0 Å². The summed E-state index contributed by atoms with van der Waals surface area (Å²) in [5.74, 6) is 0.0819. The molecule has 0 aromatic rings. The molecule has 0 aromatic carbocycles. The molecule has 0 aliphatic carbocycles. The molecule has 4 nitrogen and oxygen atoms in total. The number of hydrogen-bond donors (Lipinski definition) is 2. The van der Waals surface area contributed by atoms with Crippen molar-refractivity contribution >= 4 is 5.91 Å². The quantitative estimate of drug-likeness (QED) is 0.675. The molecule has 1 fully saturated rings. The van der Waals surface area contributed by atoms with Crippen LogP contribution in [0.4, 0.5) is 0 Å². The second kappa shape index (κ2) is 5.98. The highest BCUT2D eigenvalue weighted by molar-refractivity contribution is 5.76. The summed E-state index contributed by atoms with van der Waals surface area (Å²) >= 11 is 0. The Morgan fingerprint density at radius 2 is 2.50 bits per heavy atom. The minimum absolute atomic E-state index is 0.0759. The van der Waals surface area contributed by atoms with Crippen molar-refractivity contribution in [1.29, 1.82) is 0 Å². The first kappa shape index (κ1) is 11.5. The van der Waals surface area contributed by atoms with Crippen molar-refractivity contribution < 1.29 is 9.53 Å². The number of carbonyl (C=O) groups is 1. The molecule has 4 heteroatoms. The zero-order chi connectivity index (χ0) is 10.4. The zero-order valence-corrected chi connectivity index (χ0v) is 8.79. The van der Waals surface area contributed by atoms with E-state index in [-0.39, 0.29) is 11.9 Å².